The maximum Gasteiger partial charge on any atom is 0.405 e. The van der Waals surface area contributed by atoms with Crippen LogP contribution < -0.4 is 5.32 Å². The molecule has 0 bridgehead atoms. The highest BCUT2D eigenvalue weighted by molar-refractivity contribution is 5.96. The fraction of sp³-hybridized carbons (Fsp3) is 0.300. The molecule has 2 N–H and O–H groups in total. The topological polar surface area (TPSA) is 49.3 Å². The standard InChI is InChI=1S/C10H10F3NO2/c1-6-2-3-7(15)4-8(6)9(16)14-5-10(11,12)13/h2-4,15H,5H2,1H3,(H,14,16). The quantitative estimate of drug-likeness (QED) is 0.820. The number of aryl methyl sites for hydroxylation is 1. The number of rotatable bonds is 2. The van der Waals surface area contributed by atoms with Crippen LogP contribution in [0.3, 0.4) is 0 Å². The maximum absolute atomic E-state index is 11.8. The van der Waals surface area contributed by atoms with Crippen molar-refractivity contribution >= 4 is 5.91 Å². The second-order valence-electron chi connectivity index (χ2n) is 3.30. The first-order chi connectivity index (χ1) is 7.29. The van der Waals surface area contributed by atoms with E-state index in [4.69, 9.17) is 5.11 Å². The van der Waals surface area contributed by atoms with E-state index >= 15 is 0 Å². The molecule has 1 aromatic rings. The lowest BCUT2D eigenvalue weighted by atomic mass is 10.1. The Morgan fingerprint density at radius 1 is 1.44 bits per heavy atom. The zero-order valence-corrected chi connectivity index (χ0v) is 8.43. The van der Waals surface area contributed by atoms with Crippen LogP contribution in [0.15, 0.2) is 18.2 Å². The minimum Gasteiger partial charge on any atom is -0.508 e. The van der Waals surface area contributed by atoms with Crippen LogP contribution in [0.2, 0.25) is 0 Å². The number of aromatic hydroxyl groups is 1. The number of alkyl halides is 3. The molecule has 6 heteroatoms. The van der Waals surface area contributed by atoms with Crippen molar-refractivity contribution in [3.8, 4) is 5.75 Å². The van der Waals surface area contributed by atoms with Crippen molar-refractivity contribution in [2.45, 2.75) is 13.1 Å². The van der Waals surface area contributed by atoms with E-state index in [0.717, 1.165) is 6.07 Å². The molecule has 0 aliphatic rings. The van der Waals surface area contributed by atoms with Crippen molar-refractivity contribution in [3.63, 3.8) is 0 Å². The molecule has 3 nitrogen and oxygen atoms in total. The van der Waals surface area contributed by atoms with Crippen LogP contribution in [-0.2, 0) is 0 Å². The Bertz CT molecular complexity index is 402. The molecule has 0 saturated carbocycles. The first-order valence-electron chi connectivity index (χ1n) is 4.44. The van der Waals surface area contributed by atoms with Gasteiger partial charge in [-0.15, -0.1) is 0 Å². The number of halogens is 3. The molecule has 0 saturated heterocycles. The maximum atomic E-state index is 11.8. The average molecular weight is 233 g/mol. The molecule has 0 atom stereocenters. The second kappa shape index (κ2) is 4.42. The number of phenolic OH excluding ortho intramolecular Hbond substituents is 1. The van der Waals surface area contributed by atoms with Crippen molar-refractivity contribution in [3.05, 3.63) is 29.3 Å². The van der Waals surface area contributed by atoms with E-state index in [9.17, 15) is 18.0 Å². The van der Waals surface area contributed by atoms with E-state index in [-0.39, 0.29) is 11.3 Å². The second-order valence-corrected chi connectivity index (χ2v) is 3.30. The molecule has 0 spiro atoms. The van der Waals surface area contributed by atoms with Crippen LogP contribution in [0, 0.1) is 6.92 Å². The van der Waals surface area contributed by atoms with Crippen LogP contribution in [0.1, 0.15) is 15.9 Å². The molecule has 0 aromatic heterocycles. The van der Waals surface area contributed by atoms with Crippen LogP contribution >= 0.6 is 0 Å². The summed E-state index contributed by atoms with van der Waals surface area (Å²) in [7, 11) is 0. The molecule has 0 aliphatic heterocycles. The number of carbonyl (C=O) groups is 1. The summed E-state index contributed by atoms with van der Waals surface area (Å²) in [5.41, 5.74) is 0.529. The summed E-state index contributed by atoms with van der Waals surface area (Å²) in [5.74, 6) is -1.02. The van der Waals surface area contributed by atoms with Gasteiger partial charge in [0.2, 0.25) is 0 Å². The third-order valence-electron chi connectivity index (χ3n) is 1.92. The molecular weight excluding hydrogens is 223 g/mol. The lowest BCUT2D eigenvalue weighted by Crippen LogP contribution is -2.34. The monoisotopic (exact) mass is 233 g/mol. The predicted octanol–water partition coefficient (Wildman–Crippen LogP) is 1.99. The molecule has 0 radical (unpaired) electrons. The third kappa shape index (κ3) is 3.45. The van der Waals surface area contributed by atoms with E-state index in [0.29, 0.717) is 5.56 Å². The van der Waals surface area contributed by atoms with Crippen molar-refractivity contribution in [2.75, 3.05) is 6.54 Å². The summed E-state index contributed by atoms with van der Waals surface area (Å²) in [6.45, 7) is 0.183. The van der Waals surface area contributed by atoms with Gasteiger partial charge in [0.05, 0.1) is 0 Å². The lowest BCUT2D eigenvalue weighted by Gasteiger charge is -2.10. The number of nitrogens with one attached hydrogen (secondary N) is 1. The van der Waals surface area contributed by atoms with E-state index in [1.807, 2.05) is 0 Å². The Morgan fingerprint density at radius 2 is 2.06 bits per heavy atom. The first-order valence-corrected chi connectivity index (χ1v) is 4.44. The van der Waals surface area contributed by atoms with Gasteiger partial charge in [-0.1, -0.05) is 6.07 Å². The van der Waals surface area contributed by atoms with E-state index in [1.54, 1.807) is 12.2 Å². The molecule has 0 fully saturated rings. The predicted molar refractivity (Wildman–Crippen MR) is 51.2 cm³/mol. The van der Waals surface area contributed by atoms with Gasteiger partial charge >= 0.3 is 6.18 Å². The molecule has 1 amide bonds. The smallest absolute Gasteiger partial charge is 0.405 e. The highest BCUT2D eigenvalue weighted by Gasteiger charge is 2.28. The highest BCUT2D eigenvalue weighted by Crippen LogP contribution is 2.17. The van der Waals surface area contributed by atoms with Gasteiger partial charge in [-0.05, 0) is 24.6 Å². The van der Waals surface area contributed by atoms with Gasteiger partial charge in [-0.2, -0.15) is 13.2 Å². The van der Waals surface area contributed by atoms with Gasteiger partial charge in [-0.25, -0.2) is 0 Å². The average Bonchev–Trinajstić information content (AvgIpc) is 2.17. The van der Waals surface area contributed by atoms with Crippen LogP contribution in [0.25, 0.3) is 0 Å². The summed E-state index contributed by atoms with van der Waals surface area (Å²) < 4.78 is 35.5. The number of benzene rings is 1. The number of carbonyl (C=O) groups excluding carboxylic acids is 1. The van der Waals surface area contributed by atoms with Gasteiger partial charge in [0, 0.05) is 5.56 Å². The zero-order chi connectivity index (χ0) is 12.3. The van der Waals surface area contributed by atoms with E-state index in [2.05, 4.69) is 0 Å². The molecule has 88 valence electrons. The van der Waals surface area contributed by atoms with Gasteiger partial charge in [0.1, 0.15) is 12.3 Å². The van der Waals surface area contributed by atoms with Crippen molar-refractivity contribution in [1.29, 1.82) is 0 Å². The summed E-state index contributed by atoms with van der Waals surface area (Å²) in [6, 6.07) is 3.94. The fourth-order valence-electron chi connectivity index (χ4n) is 1.13. The van der Waals surface area contributed by atoms with E-state index < -0.39 is 18.6 Å². The number of hydrogen-bond acceptors (Lipinski definition) is 2. The molecule has 0 aliphatic carbocycles. The molecule has 0 heterocycles. The van der Waals surface area contributed by atoms with Crippen LogP contribution in [0.4, 0.5) is 13.2 Å². The summed E-state index contributed by atoms with van der Waals surface area (Å²) in [4.78, 5) is 11.3. The Labute approximate surface area is 89.9 Å². The fourth-order valence-corrected chi connectivity index (χ4v) is 1.13. The minimum absolute atomic E-state index is 0.0317. The third-order valence-corrected chi connectivity index (χ3v) is 1.92. The number of hydrogen-bond donors (Lipinski definition) is 2. The minimum atomic E-state index is -4.44. The van der Waals surface area contributed by atoms with Crippen molar-refractivity contribution in [1.82, 2.24) is 5.32 Å². The summed E-state index contributed by atoms with van der Waals surface area (Å²) in [6.07, 6.45) is -4.44. The van der Waals surface area contributed by atoms with Crippen LogP contribution in [-0.4, -0.2) is 23.7 Å². The van der Waals surface area contributed by atoms with Gasteiger partial charge in [0.15, 0.2) is 0 Å². The Morgan fingerprint density at radius 3 is 2.62 bits per heavy atom. The van der Waals surface area contributed by atoms with Crippen molar-refractivity contribution in [2.24, 2.45) is 0 Å². The molecular formula is C10H10F3NO2. The number of phenols is 1. The number of amides is 1. The zero-order valence-electron chi connectivity index (χ0n) is 8.43. The van der Waals surface area contributed by atoms with Gasteiger partial charge < -0.3 is 10.4 Å². The first kappa shape index (κ1) is 12.4. The van der Waals surface area contributed by atoms with Crippen LogP contribution in [0.5, 0.6) is 5.75 Å². The Balaban J connectivity index is 2.77. The lowest BCUT2D eigenvalue weighted by molar-refractivity contribution is -0.123. The highest BCUT2D eigenvalue weighted by atomic mass is 19.4. The molecule has 16 heavy (non-hydrogen) atoms. The molecule has 0 unspecified atom stereocenters. The Kier molecular flexibility index (Phi) is 3.41. The van der Waals surface area contributed by atoms with Gasteiger partial charge in [-0.3, -0.25) is 4.79 Å². The summed E-state index contributed by atoms with van der Waals surface area (Å²) >= 11 is 0. The summed E-state index contributed by atoms with van der Waals surface area (Å²) in [5, 5.41) is 10.8. The largest absolute Gasteiger partial charge is 0.508 e. The SMILES string of the molecule is Cc1ccc(O)cc1C(=O)NCC(F)(F)F. The van der Waals surface area contributed by atoms with Gasteiger partial charge in [0.25, 0.3) is 5.91 Å². The normalized spacial score (nSPS) is 11.2. The van der Waals surface area contributed by atoms with Crippen molar-refractivity contribution < 1.29 is 23.1 Å². The van der Waals surface area contributed by atoms with E-state index in [1.165, 1.54) is 12.1 Å². The Hall–Kier alpha value is -1.72. The molecule has 1 rings (SSSR count). The molecule has 1 aromatic carbocycles.